The van der Waals surface area contributed by atoms with E-state index in [1.807, 2.05) is 19.0 Å². The molecule has 0 radical (unpaired) electrons. The third-order valence-corrected chi connectivity index (χ3v) is 3.78. The van der Waals surface area contributed by atoms with Crippen LogP contribution in [0.4, 0.5) is 4.39 Å². The summed E-state index contributed by atoms with van der Waals surface area (Å²) in [4.78, 5) is 16.5. The molecule has 0 atom stereocenters. The fourth-order valence-electron chi connectivity index (χ4n) is 2.54. The zero-order valence-electron chi connectivity index (χ0n) is 12.7. The van der Waals surface area contributed by atoms with Crippen molar-refractivity contribution in [2.24, 2.45) is 0 Å². The van der Waals surface area contributed by atoms with E-state index < -0.39 is 5.82 Å². The Hall–Kier alpha value is -1.46. The van der Waals surface area contributed by atoms with Gasteiger partial charge in [0.1, 0.15) is 5.82 Å². The minimum Gasteiger partial charge on any atom is -0.381 e. The Morgan fingerprint density at radius 1 is 1.24 bits per heavy atom. The van der Waals surface area contributed by atoms with Crippen LogP contribution in [0, 0.1) is 5.82 Å². The first-order valence-electron chi connectivity index (χ1n) is 7.37. The summed E-state index contributed by atoms with van der Waals surface area (Å²) in [7, 11) is 3.94. The van der Waals surface area contributed by atoms with Crippen LogP contribution >= 0.6 is 0 Å². The molecule has 0 aromatic heterocycles. The van der Waals surface area contributed by atoms with Gasteiger partial charge in [-0.25, -0.2) is 4.39 Å². The van der Waals surface area contributed by atoms with Crippen LogP contribution < -0.4 is 0 Å². The highest BCUT2D eigenvalue weighted by Crippen LogP contribution is 2.19. The molecule has 1 aromatic carbocycles. The lowest BCUT2D eigenvalue weighted by Gasteiger charge is -2.35. The molecule has 1 heterocycles. The summed E-state index contributed by atoms with van der Waals surface area (Å²) in [5, 5.41) is 0. The number of likely N-dealkylation sites (N-methyl/N-ethyl adjacent to an activating group) is 1. The van der Waals surface area contributed by atoms with Crippen LogP contribution in [-0.2, 0) is 4.74 Å². The topological polar surface area (TPSA) is 32.8 Å². The molecule has 1 fully saturated rings. The first-order valence-corrected chi connectivity index (χ1v) is 7.37. The Balaban J connectivity index is 2.17. The fraction of sp³-hybridized carbons (Fsp3) is 0.562. The highest BCUT2D eigenvalue weighted by molar-refractivity contribution is 5.94. The average Bonchev–Trinajstić information content (AvgIpc) is 2.48. The van der Waals surface area contributed by atoms with Gasteiger partial charge in [-0.05, 0) is 39.1 Å². The monoisotopic (exact) mass is 294 g/mol. The van der Waals surface area contributed by atoms with E-state index in [9.17, 15) is 9.18 Å². The molecule has 0 aliphatic carbocycles. The summed E-state index contributed by atoms with van der Waals surface area (Å²) in [6.45, 7) is 2.68. The summed E-state index contributed by atoms with van der Waals surface area (Å²) in [6.07, 6.45) is 1.63. The molecule has 1 amide bonds. The van der Waals surface area contributed by atoms with Crippen LogP contribution in [0.1, 0.15) is 23.2 Å². The third kappa shape index (κ3) is 4.25. The van der Waals surface area contributed by atoms with Gasteiger partial charge < -0.3 is 14.5 Å². The smallest absolute Gasteiger partial charge is 0.257 e. The Morgan fingerprint density at radius 2 is 1.90 bits per heavy atom. The summed E-state index contributed by atoms with van der Waals surface area (Å²) in [5.74, 6) is -0.675. The fourth-order valence-corrected chi connectivity index (χ4v) is 2.54. The van der Waals surface area contributed by atoms with Crippen LogP contribution in [0.15, 0.2) is 24.3 Å². The van der Waals surface area contributed by atoms with Crippen molar-refractivity contribution in [3.05, 3.63) is 35.6 Å². The lowest BCUT2D eigenvalue weighted by molar-refractivity contribution is 0.0273. The molecule has 0 N–H and O–H groups in total. The molecule has 1 aliphatic heterocycles. The van der Waals surface area contributed by atoms with Gasteiger partial charge in [0, 0.05) is 32.3 Å². The maximum Gasteiger partial charge on any atom is 0.257 e. The van der Waals surface area contributed by atoms with Gasteiger partial charge in [-0.15, -0.1) is 0 Å². The number of amides is 1. The number of carbonyl (C=O) groups excluding carboxylic acids is 1. The number of carbonyl (C=O) groups is 1. The Morgan fingerprint density at radius 3 is 2.52 bits per heavy atom. The van der Waals surface area contributed by atoms with Gasteiger partial charge in [0.15, 0.2) is 0 Å². The SMILES string of the molecule is CN(C)CCN(C(=O)c1ccccc1F)C1CCOCC1. The van der Waals surface area contributed by atoms with Crippen LogP contribution in [0.25, 0.3) is 0 Å². The number of hydrogen-bond acceptors (Lipinski definition) is 3. The minimum atomic E-state index is -0.454. The van der Waals surface area contributed by atoms with Crippen molar-refractivity contribution in [3.63, 3.8) is 0 Å². The molecule has 1 aliphatic rings. The van der Waals surface area contributed by atoms with Gasteiger partial charge in [0.25, 0.3) is 5.91 Å². The van der Waals surface area contributed by atoms with Gasteiger partial charge in [0.2, 0.25) is 0 Å². The van der Waals surface area contributed by atoms with Gasteiger partial charge in [-0.3, -0.25) is 4.79 Å². The van der Waals surface area contributed by atoms with Crippen molar-refractivity contribution in [2.75, 3.05) is 40.4 Å². The van der Waals surface area contributed by atoms with Crippen LogP contribution in [0.5, 0.6) is 0 Å². The Kier molecular flexibility index (Phi) is 5.70. The van der Waals surface area contributed by atoms with Crippen molar-refractivity contribution in [2.45, 2.75) is 18.9 Å². The van der Waals surface area contributed by atoms with Crippen molar-refractivity contribution < 1.29 is 13.9 Å². The van der Waals surface area contributed by atoms with Crippen LogP contribution in [0.2, 0.25) is 0 Å². The van der Waals surface area contributed by atoms with E-state index in [2.05, 4.69) is 0 Å². The van der Waals surface area contributed by atoms with Gasteiger partial charge in [0.05, 0.1) is 5.56 Å². The van der Waals surface area contributed by atoms with E-state index in [1.165, 1.54) is 6.07 Å². The molecule has 0 saturated carbocycles. The zero-order valence-corrected chi connectivity index (χ0v) is 12.7. The number of ether oxygens (including phenoxy) is 1. The van der Waals surface area contributed by atoms with E-state index in [0.29, 0.717) is 19.8 Å². The molecule has 2 rings (SSSR count). The van der Waals surface area contributed by atoms with E-state index in [4.69, 9.17) is 4.74 Å². The van der Waals surface area contributed by atoms with Gasteiger partial charge in [-0.1, -0.05) is 12.1 Å². The van der Waals surface area contributed by atoms with E-state index in [0.717, 1.165) is 19.4 Å². The number of rotatable bonds is 5. The van der Waals surface area contributed by atoms with Crippen molar-refractivity contribution in [1.29, 1.82) is 0 Å². The van der Waals surface area contributed by atoms with Crippen LogP contribution in [-0.4, -0.2) is 62.1 Å². The predicted octanol–water partition coefficient (Wildman–Crippen LogP) is 2.01. The zero-order chi connectivity index (χ0) is 15.2. The molecular formula is C16H23FN2O2. The minimum absolute atomic E-state index is 0.130. The summed E-state index contributed by atoms with van der Waals surface area (Å²) in [6, 6.07) is 6.32. The third-order valence-electron chi connectivity index (χ3n) is 3.78. The van der Waals surface area contributed by atoms with Crippen molar-refractivity contribution in [1.82, 2.24) is 9.80 Å². The highest BCUT2D eigenvalue weighted by Gasteiger charge is 2.27. The molecule has 1 aromatic rings. The van der Waals surface area contributed by atoms with E-state index in [1.54, 1.807) is 23.1 Å². The maximum atomic E-state index is 13.9. The second-order valence-electron chi connectivity index (χ2n) is 5.63. The standard InChI is InChI=1S/C16H23FN2O2/c1-18(2)9-10-19(13-7-11-21-12-8-13)16(20)14-5-3-4-6-15(14)17/h3-6,13H,7-12H2,1-2H3. The summed E-state index contributed by atoms with van der Waals surface area (Å²) < 4.78 is 19.2. The molecule has 4 nitrogen and oxygen atoms in total. The second kappa shape index (κ2) is 7.52. The predicted molar refractivity (Wildman–Crippen MR) is 79.8 cm³/mol. The first-order chi connectivity index (χ1) is 10.1. The van der Waals surface area contributed by atoms with Crippen LogP contribution in [0.3, 0.4) is 0 Å². The second-order valence-corrected chi connectivity index (χ2v) is 5.63. The normalized spacial score (nSPS) is 16.2. The highest BCUT2D eigenvalue weighted by atomic mass is 19.1. The Labute approximate surface area is 125 Å². The number of nitrogens with zero attached hydrogens (tertiary/aromatic N) is 2. The lowest BCUT2D eigenvalue weighted by Crippen LogP contribution is -2.46. The lowest BCUT2D eigenvalue weighted by atomic mass is 10.0. The molecule has 116 valence electrons. The first kappa shape index (κ1) is 15.9. The number of halogens is 1. The maximum absolute atomic E-state index is 13.9. The average molecular weight is 294 g/mol. The summed E-state index contributed by atoms with van der Waals surface area (Å²) >= 11 is 0. The molecular weight excluding hydrogens is 271 g/mol. The molecule has 1 saturated heterocycles. The molecule has 0 bridgehead atoms. The van der Waals surface area contributed by atoms with E-state index >= 15 is 0 Å². The van der Waals surface area contributed by atoms with Gasteiger partial charge in [-0.2, -0.15) is 0 Å². The van der Waals surface area contributed by atoms with Crippen molar-refractivity contribution in [3.8, 4) is 0 Å². The summed E-state index contributed by atoms with van der Waals surface area (Å²) in [5.41, 5.74) is 0.155. The largest absolute Gasteiger partial charge is 0.381 e. The number of benzene rings is 1. The molecule has 5 heteroatoms. The number of hydrogen-bond donors (Lipinski definition) is 0. The van der Waals surface area contributed by atoms with Crippen molar-refractivity contribution >= 4 is 5.91 Å². The Bertz CT molecular complexity index is 473. The van der Waals surface area contributed by atoms with E-state index in [-0.39, 0.29) is 17.5 Å². The molecule has 21 heavy (non-hydrogen) atoms. The molecule has 0 spiro atoms. The van der Waals surface area contributed by atoms with Gasteiger partial charge >= 0.3 is 0 Å². The quantitative estimate of drug-likeness (QED) is 0.833. The molecule has 0 unspecified atom stereocenters.